The van der Waals surface area contributed by atoms with E-state index in [9.17, 15) is 21.6 Å². The summed E-state index contributed by atoms with van der Waals surface area (Å²) in [5, 5.41) is -0.247. The van der Waals surface area contributed by atoms with Gasteiger partial charge >= 0.3 is 5.97 Å². The summed E-state index contributed by atoms with van der Waals surface area (Å²) >= 11 is 0. The highest BCUT2D eigenvalue weighted by molar-refractivity contribution is 7.86. The molecule has 0 radical (unpaired) electrons. The summed E-state index contributed by atoms with van der Waals surface area (Å²) in [6, 6.07) is 5.80. The standard InChI is InChI=1S/C16H26O8S2Si/c1-16(2,3)27(6,7)24-14(17)12-10-8-9-11-13(12)15(22-25(4,18)19)23-26(5,20)21/h8-11,15H,1-7H3. The molecule has 1 aromatic carbocycles. The van der Waals surface area contributed by atoms with Gasteiger partial charge in [0.15, 0.2) is 0 Å². The molecule has 0 atom stereocenters. The molecule has 0 heterocycles. The second kappa shape index (κ2) is 8.00. The Morgan fingerprint density at radius 2 is 1.41 bits per heavy atom. The minimum atomic E-state index is -4.08. The van der Waals surface area contributed by atoms with Gasteiger partial charge in [0.05, 0.1) is 18.1 Å². The van der Waals surface area contributed by atoms with Crippen LogP contribution in [0, 0.1) is 0 Å². The number of carbonyl (C=O) groups is 1. The fourth-order valence-electron chi connectivity index (χ4n) is 1.77. The number of hydrogen-bond acceptors (Lipinski definition) is 8. The maximum Gasteiger partial charge on any atom is 0.325 e. The van der Waals surface area contributed by atoms with E-state index in [2.05, 4.69) is 0 Å². The fraction of sp³-hybridized carbons (Fsp3) is 0.562. The van der Waals surface area contributed by atoms with E-state index in [4.69, 9.17) is 12.8 Å². The lowest BCUT2D eigenvalue weighted by Gasteiger charge is -2.35. The predicted molar refractivity (Wildman–Crippen MR) is 104 cm³/mol. The Morgan fingerprint density at radius 3 is 1.81 bits per heavy atom. The topological polar surface area (TPSA) is 113 Å². The van der Waals surface area contributed by atoms with E-state index < -0.39 is 40.8 Å². The lowest BCUT2D eigenvalue weighted by molar-refractivity contribution is 0.0157. The monoisotopic (exact) mass is 438 g/mol. The highest BCUT2D eigenvalue weighted by atomic mass is 32.2. The van der Waals surface area contributed by atoms with Crippen molar-refractivity contribution in [2.75, 3.05) is 12.5 Å². The molecule has 0 saturated carbocycles. The molecule has 0 N–H and O–H groups in total. The average Bonchev–Trinajstić information content (AvgIpc) is 2.41. The second-order valence-corrected chi connectivity index (χ2v) is 15.6. The first-order valence-electron chi connectivity index (χ1n) is 8.02. The lowest BCUT2D eigenvalue weighted by Crippen LogP contribution is -2.42. The molecular formula is C16H26O8S2Si. The van der Waals surface area contributed by atoms with Crippen LogP contribution in [0.5, 0.6) is 0 Å². The summed E-state index contributed by atoms with van der Waals surface area (Å²) in [7, 11) is -10.6. The molecule has 0 spiro atoms. The average molecular weight is 439 g/mol. The van der Waals surface area contributed by atoms with Crippen LogP contribution in [0.2, 0.25) is 18.1 Å². The third kappa shape index (κ3) is 7.34. The first-order valence-corrected chi connectivity index (χ1v) is 14.6. The molecule has 0 saturated heterocycles. The lowest BCUT2D eigenvalue weighted by atomic mass is 10.1. The van der Waals surface area contributed by atoms with Crippen molar-refractivity contribution in [1.29, 1.82) is 0 Å². The molecule has 154 valence electrons. The predicted octanol–water partition coefficient (Wildman–Crippen LogP) is 2.80. The fourth-order valence-corrected chi connectivity index (χ4v) is 3.62. The van der Waals surface area contributed by atoms with Crippen molar-refractivity contribution >= 4 is 34.5 Å². The van der Waals surface area contributed by atoms with Gasteiger partial charge in [-0.25, -0.2) is 13.2 Å². The van der Waals surface area contributed by atoms with Crippen LogP contribution in [-0.4, -0.2) is 43.6 Å². The van der Waals surface area contributed by atoms with Gasteiger partial charge in [0, 0.05) is 5.56 Å². The third-order valence-corrected chi connectivity index (χ3v) is 9.47. The van der Waals surface area contributed by atoms with Crippen LogP contribution < -0.4 is 0 Å². The van der Waals surface area contributed by atoms with Crippen molar-refractivity contribution in [1.82, 2.24) is 0 Å². The van der Waals surface area contributed by atoms with Crippen LogP contribution in [0.1, 0.15) is 43.0 Å². The van der Waals surface area contributed by atoms with E-state index >= 15 is 0 Å². The minimum Gasteiger partial charge on any atom is -0.516 e. The van der Waals surface area contributed by atoms with Gasteiger partial charge in [0.1, 0.15) is 0 Å². The van der Waals surface area contributed by atoms with Crippen molar-refractivity contribution < 1.29 is 34.4 Å². The maximum atomic E-state index is 12.8. The van der Waals surface area contributed by atoms with E-state index in [1.165, 1.54) is 18.2 Å². The highest BCUT2D eigenvalue weighted by Gasteiger charge is 2.41. The highest BCUT2D eigenvalue weighted by Crippen LogP contribution is 2.37. The first kappa shape index (κ1) is 23.8. The summed E-state index contributed by atoms with van der Waals surface area (Å²) in [6.45, 7) is 9.64. The van der Waals surface area contributed by atoms with Crippen molar-refractivity contribution in [2.45, 2.75) is 45.2 Å². The van der Waals surface area contributed by atoms with E-state index in [0.717, 1.165) is 12.5 Å². The molecule has 0 fully saturated rings. The van der Waals surface area contributed by atoms with Crippen molar-refractivity contribution in [2.24, 2.45) is 0 Å². The van der Waals surface area contributed by atoms with Crippen molar-refractivity contribution in [3.8, 4) is 0 Å². The van der Waals surface area contributed by atoms with Crippen LogP contribution in [-0.2, 0) is 33.0 Å². The van der Waals surface area contributed by atoms with Crippen LogP contribution in [0.3, 0.4) is 0 Å². The summed E-state index contributed by atoms with van der Waals surface area (Å²) < 4.78 is 61.4. The molecule has 0 aliphatic heterocycles. The third-order valence-electron chi connectivity index (χ3n) is 4.11. The number of carbonyl (C=O) groups excluding carboxylic acids is 1. The Balaban J connectivity index is 3.38. The van der Waals surface area contributed by atoms with Crippen molar-refractivity contribution in [3.63, 3.8) is 0 Å². The maximum absolute atomic E-state index is 12.8. The van der Waals surface area contributed by atoms with Gasteiger partial charge < -0.3 is 4.43 Å². The molecule has 1 rings (SSSR count). The molecule has 0 unspecified atom stereocenters. The van der Waals surface area contributed by atoms with E-state index in [0.29, 0.717) is 0 Å². The number of hydrogen-bond donors (Lipinski definition) is 0. The summed E-state index contributed by atoms with van der Waals surface area (Å²) in [6.07, 6.45) is -0.331. The Bertz CT molecular complexity index is 865. The Hall–Kier alpha value is -1.27. The Kier molecular flexibility index (Phi) is 7.04. The number of benzene rings is 1. The number of rotatable bonds is 7. The van der Waals surface area contributed by atoms with Gasteiger partial charge in [-0.15, -0.1) is 0 Å². The molecule has 27 heavy (non-hydrogen) atoms. The SMILES string of the molecule is CC(C)(C)[Si](C)(C)OC(=O)c1ccccc1C(OS(C)(=O)=O)OS(C)(=O)=O. The van der Waals surface area contributed by atoms with E-state index in [1.807, 2.05) is 33.9 Å². The molecule has 0 bridgehead atoms. The zero-order valence-electron chi connectivity index (χ0n) is 16.5. The summed E-state index contributed by atoms with van der Waals surface area (Å²) in [5.41, 5.74) is -0.0864. The smallest absolute Gasteiger partial charge is 0.325 e. The molecular weight excluding hydrogens is 412 g/mol. The van der Waals surface area contributed by atoms with Crippen LogP contribution in [0.4, 0.5) is 0 Å². The van der Waals surface area contributed by atoms with Crippen LogP contribution in [0.25, 0.3) is 0 Å². The van der Waals surface area contributed by atoms with Gasteiger partial charge in [-0.3, -0.25) is 0 Å². The largest absolute Gasteiger partial charge is 0.516 e. The van der Waals surface area contributed by atoms with Crippen molar-refractivity contribution in [3.05, 3.63) is 35.4 Å². The molecule has 0 aromatic heterocycles. The van der Waals surface area contributed by atoms with Gasteiger partial charge in [-0.2, -0.15) is 16.8 Å². The second-order valence-electron chi connectivity index (χ2n) is 7.67. The Labute approximate surface area is 162 Å². The summed E-state index contributed by atoms with van der Waals surface area (Å²) in [4.78, 5) is 12.8. The normalized spacial score (nSPS) is 13.6. The van der Waals surface area contributed by atoms with Crippen LogP contribution >= 0.6 is 0 Å². The summed E-state index contributed by atoms with van der Waals surface area (Å²) in [5.74, 6) is -0.698. The van der Waals surface area contributed by atoms with Gasteiger partial charge in [0.25, 0.3) is 28.6 Å². The molecule has 8 nitrogen and oxygen atoms in total. The first-order chi connectivity index (χ1) is 11.9. The molecule has 1 aromatic rings. The zero-order valence-corrected chi connectivity index (χ0v) is 19.1. The molecule has 0 aliphatic carbocycles. The molecule has 0 aliphatic rings. The molecule has 11 heteroatoms. The van der Waals surface area contributed by atoms with Gasteiger partial charge in [0.2, 0.25) is 6.29 Å². The van der Waals surface area contributed by atoms with Gasteiger partial charge in [-0.1, -0.05) is 39.0 Å². The van der Waals surface area contributed by atoms with Gasteiger partial charge in [-0.05, 0) is 24.2 Å². The quantitative estimate of drug-likeness (QED) is 0.363. The Morgan fingerprint density at radius 1 is 0.963 bits per heavy atom. The van der Waals surface area contributed by atoms with Crippen LogP contribution in [0.15, 0.2) is 24.3 Å². The van der Waals surface area contributed by atoms with E-state index in [-0.39, 0.29) is 16.2 Å². The minimum absolute atomic E-state index is 0.0281. The zero-order chi connectivity index (χ0) is 21.3. The molecule has 0 amide bonds. The van der Waals surface area contributed by atoms with E-state index in [1.54, 1.807) is 6.07 Å².